The summed E-state index contributed by atoms with van der Waals surface area (Å²) in [5.74, 6) is -0.711. The fourth-order valence-electron chi connectivity index (χ4n) is 3.48. The molecular weight excluding hydrogens is 410 g/mol. The highest BCUT2D eigenvalue weighted by Gasteiger charge is 2.18. The summed E-state index contributed by atoms with van der Waals surface area (Å²) in [6, 6.07) is 13.0. The largest absolute Gasteiger partial charge is 0.454 e. The summed E-state index contributed by atoms with van der Waals surface area (Å²) in [6.07, 6.45) is 0. The molecule has 0 fully saturated rings. The first-order valence-corrected chi connectivity index (χ1v) is 10.1. The number of carbonyl (C=O) groups excluding carboxylic acids is 1. The number of benzene rings is 2. The number of halogens is 2. The van der Waals surface area contributed by atoms with Crippen molar-refractivity contribution in [3.8, 4) is 11.5 Å². The number of amides is 1. The van der Waals surface area contributed by atoms with Crippen LogP contribution in [-0.2, 0) is 13.1 Å². The van der Waals surface area contributed by atoms with Gasteiger partial charge in [0.15, 0.2) is 23.1 Å². The Labute approximate surface area is 174 Å². The number of hydrogen-bond donors (Lipinski definition) is 1. The third-order valence-electron chi connectivity index (χ3n) is 4.97. The van der Waals surface area contributed by atoms with E-state index in [2.05, 4.69) is 5.32 Å². The van der Waals surface area contributed by atoms with E-state index in [4.69, 9.17) is 9.47 Å². The molecule has 5 nitrogen and oxygen atoms in total. The molecule has 0 saturated carbocycles. The standard InChI is InChI=1S/C22H16F2N2O3S/c23-15-3-1-14(7-16(15)24)11-26-17-5-6-30-21(17)9-18(26)22(27)25-10-13-2-4-19-20(8-13)29-12-28-19/h1-9H,10-12H2,(H,25,27). The van der Waals surface area contributed by atoms with E-state index in [0.29, 0.717) is 29.3 Å². The van der Waals surface area contributed by atoms with Gasteiger partial charge in [-0.15, -0.1) is 11.3 Å². The van der Waals surface area contributed by atoms with Crippen LogP contribution in [0.1, 0.15) is 21.6 Å². The van der Waals surface area contributed by atoms with Crippen LogP contribution in [0.5, 0.6) is 11.5 Å². The first-order chi connectivity index (χ1) is 14.6. The third-order valence-corrected chi connectivity index (χ3v) is 5.82. The maximum atomic E-state index is 13.6. The van der Waals surface area contributed by atoms with Crippen LogP contribution >= 0.6 is 11.3 Å². The summed E-state index contributed by atoms with van der Waals surface area (Å²) >= 11 is 1.52. The molecule has 5 rings (SSSR count). The minimum Gasteiger partial charge on any atom is -0.454 e. The number of hydrogen-bond acceptors (Lipinski definition) is 4. The van der Waals surface area contributed by atoms with Gasteiger partial charge in [-0.2, -0.15) is 0 Å². The fraction of sp³-hybridized carbons (Fsp3) is 0.136. The average molecular weight is 426 g/mol. The molecule has 0 atom stereocenters. The highest BCUT2D eigenvalue weighted by molar-refractivity contribution is 7.17. The van der Waals surface area contributed by atoms with Gasteiger partial charge in [0.05, 0.1) is 10.2 Å². The zero-order valence-corrected chi connectivity index (χ0v) is 16.5. The normalized spacial score (nSPS) is 12.5. The molecule has 2 aromatic heterocycles. The maximum absolute atomic E-state index is 13.6. The summed E-state index contributed by atoms with van der Waals surface area (Å²) in [6.45, 7) is 0.767. The molecule has 1 aliphatic rings. The van der Waals surface area contributed by atoms with Crippen molar-refractivity contribution in [1.29, 1.82) is 0 Å². The summed E-state index contributed by atoms with van der Waals surface area (Å²) in [7, 11) is 0. The van der Waals surface area contributed by atoms with Crippen molar-refractivity contribution in [2.75, 3.05) is 6.79 Å². The summed E-state index contributed by atoms with van der Waals surface area (Å²) in [5, 5.41) is 4.85. The van der Waals surface area contributed by atoms with Crippen LogP contribution in [-0.4, -0.2) is 17.3 Å². The highest BCUT2D eigenvalue weighted by atomic mass is 32.1. The number of ether oxygens (including phenoxy) is 2. The zero-order valence-electron chi connectivity index (χ0n) is 15.7. The van der Waals surface area contributed by atoms with Gasteiger partial charge >= 0.3 is 0 Å². The molecule has 30 heavy (non-hydrogen) atoms. The second-order valence-corrected chi connectivity index (χ2v) is 7.85. The molecule has 152 valence electrons. The van der Waals surface area contributed by atoms with Gasteiger partial charge in [-0.3, -0.25) is 4.79 Å². The molecule has 0 spiro atoms. The topological polar surface area (TPSA) is 52.5 Å². The van der Waals surface area contributed by atoms with Crippen LogP contribution in [0.25, 0.3) is 10.2 Å². The molecule has 2 aromatic carbocycles. The van der Waals surface area contributed by atoms with Gasteiger partial charge in [0.2, 0.25) is 6.79 Å². The quantitative estimate of drug-likeness (QED) is 0.504. The average Bonchev–Trinajstić information content (AvgIpc) is 3.45. The van der Waals surface area contributed by atoms with Crippen LogP contribution in [0, 0.1) is 11.6 Å². The van der Waals surface area contributed by atoms with Gasteiger partial charge in [0.1, 0.15) is 5.69 Å². The Morgan fingerprint density at radius 3 is 2.70 bits per heavy atom. The van der Waals surface area contributed by atoms with Crippen molar-refractivity contribution in [2.45, 2.75) is 13.1 Å². The Hall–Kier alpha value is -3.39. The lowest BCUT2D eigenvalue weighted by atomic mass is 10.2. The maximum Gasteiger partial charge on any atom is 0.268 e. The number of thiophene rings is 1. The molecule has 0 bridgehead atoms. The minimum absolute atomic E-state index is 0.194. The van der Waals surface area contributed by atoms with Crippen LogP contribution in [0.4, 0.5) is 8.78 Å². The molecule has 1 aliphatic heterocycles. The molecule has 0 unspecified atom stereocenters. The van der Waals surface area contributed by atoms with E-state index in [1.165, 1.54) is 17.4 Å². The van der Waals surface area contributed by atoms with Crippen molar-refractivity contribution in [2.24, 2.45) is 0 Å². The Morgan fingerprint density at radius 1 is 1.00 bits per heavy atom. The van der Waals surface area contributed by atoms with Gasteiger partial charge in [-0.25, -0.2) is 8.78 Å². The monoisotopic (exact) mass is 426 g/mol. The second kappa shape index (κ2) is 7.46. The van der Waals surface area contributed by atoms with Crippen molar-refractivity contribution in [3.63, 3.8) is 0 Å². The molecule has 8 heteroatoms. The predicted octanol–water partition coefficient (Wildman–Crippen LogP) is 4.69. The van der Waals surface area contributed by atoms with E-state index in [9.17, 15) is 13.6 Å². The lowest BCUT2D eigenvalue weighted by Crippen LogP contribution is -2.25. The number of nitrogens with one attached hydrogen (secondary N) is 1. The predicted molar refractivity (Wildman–Crippen MR) is 109 cm³/mol. The van der Waals surface area contributed by atoms with E-state index in [1.807, 2.05) is 40.3 Å². The van der Waals surface area contributed by atoms with E-state index >= 15 is 0 Å². The molecule has 3 heterocycles. The number of fused-ring (bicyclic) bond motifs is 2. The number of aromatic nitrogens is 1. The van der Waals surface area contributed by atoms with Crippen molar-refractivity contribution in [3.05, 3.63) is 82.4 Å². The van der Waals surface area contributed by atoms with E-state index < -0.39 is 11.6 Å². The summed E-state index contributed by atoms with van der Waals surface area (Å²) in [5.41, 5.74) is 2.79. The molecule has 0 saturated heterocycles. The van der Waals surface area contributed by atoms with E-state index in [-0.39, 0.29) is 19.2 Å². The lowest BCUT2D eigenvalue weighted by Gasteiger charge is -2.12. The SMILES string of the molecule is O=C(NCc1ccc2c(c1)OCO2)c1cc2sccc2n1Cc1ccc(F)c(F)c1. The fourth-order valence-corrected chi connectivity index (χ4v) is 4.30. The van der Waals surface area contributed by atoms with Crippen molar-refractivity contribution < 1.29 is 23.0 Å². The van der Waals surface area contributed by atoms with Gasteiger partial charge in [-0.05, 0) is 52.9 Å². The molecule has 1 N–H and O–H groups in total. The van der Waals surface area contributed by atoms with Crippen LogP contribution < -0.4 is 14.8 Å². The van der Waals surface area contributed by atoms with E-state index in [1.54, 1.807) is 0 Å². The molecule has 1 amide bonds. The Balaban J connectivity index is 1.39. The van der Waals surface area contributed by atoms with Crippen molar-refractivity contribution >= 4 is 27.5 Å². The molecular formula is C22H16F2N2O3S. The third kappa shape index (κ3) is 3.39. The second-order valence-electron chi connectivity index (χ2n) is 6.90. The molecule has 0 aliphatic carbocycles. The van der Waals surface area contributed by atoms with Gasteiger partial charge in [-0.1, -0.05) is 12.1 Å². The molecule has 4 aromatic rings. The Kier molecular flexibility index (Phi) is 4.63. The van der Waals surface area contributed by atoms with Gasteiger partial charge < -0.3 is 19.4 Å². The first kappa shape index (κ1) is 18.6. The number of carbonyl (C=O) groups is 1. The zero-order chi connectivity index (χ0) is 20.7. The van der Waals surface area contributed by atoms with E-state index in [0.717, 1.165) is 27.9 Å². The van der Waals surface area contributed by atoms with Crippen LogP contribution in [0.2, 0.25) is 0 Å². The first-order valence-electron chi connectivity index (χ1n) is 9.26. The number of rotatable bonds is 5. The highest BCUT2D eigenvalue weighted by Crippen LogP contribution is 2.32. The van der Waals surface area contributed by atoms with Crippen LogP contribution in [0.3, 0.4) is 0 Å². The Bertz CT molecular complexity index is 1260. The number of nitrogens with zero attached hydrogens (tertiary/aromatic N) is 1. The van der Waals surface area contributed by atoms with Gasteiger partial charge in [0.25, 0.3) is 5.91 Å². The summed E-state index contributed by atoms with van der Waals surface area (Å²) < 4.78 is 40.3. The molecule has 0 radical (unpaired) electrons. The summed E-state index contributed by atoms with van der Waals surface area (Å²) in [4.78, 5) is 12.9. The van der Waals surface area contributed by atoms with Crippen LogP contribution in [0.15, 0.2) is 53.9 Å². The smallest absolute Gasteiger partial charge is 0.268 e. The van der Waals surface area contributed by atoms with Gasteiger partial charge in [0, 0.05) is 13.1 Å². The minimum atomic E-state index is -0.907. The lowest BCUT2D eigenvalue weighted by molar-refractivity contribution is 0.0942. The Morgan fingerprint density at radius 2 is 1.83 bits per heavy atom. The van der Waals surface area contributed by atoms with Crippen molar-refractivity contribution in [1.82, 2.24) is 9.88 Å².